The zero-order valence-electron chi connectivity index (χ0n) is 24.7. The molecule has 0 radical (unpaired) electrons. The van der Waals surface area contributed by atoms with E-state index in [1.54, 1.807) is 18.2 Å². The molecule has 4 N–H and O–H groups in total. The smallest absolute Gasteiger partial charge is 0.196 e. The second kappa shape index (κ2) is 8.23. The predicted octanol–water partition coefficient (Wildman–Crippen LogP) is 1.27. The lowest BCUT2D eigenvalue weighted by molar-refractivity contribution is -0.185. The van der Waals surface area contributed by atoms with Crippen molar-refractivity contribution in [2.24, 2.45) is 0 Å². The number of aromatic hydroxyl groups is 2. The minimum Gasteiger partial charge on any atom is -0.504 e. The molecule has 4 aliphatic carbocycles. The molecule has 4 heterocycles. The number of piperidine rings is 2. The van der Waals surface area contributed by atoms with Crippen molar-refractivity contribution >= 4 is 11.6 Å². The van der Waals surface area contributed by atoms with E-state index in [9.17, 15) is 30.0 Å². The molecular weight excluding hydrogens is 564 g/mol. The van der Waals surface area contributed by atoms with Crippen LogP contribution in [0.4, 0.5) is 0 Å². The lowest BCUT2D eigenvalue weighted by Gasteiger charge is -2.61. The highest BCUT2D eigenvalue weighted by atomic mass is 16.5. The van der Waals surface area contributed by atoms with E-state index < -0.39 is 34.2 Å². The van der Waals surface area contributed by atoms with Gasteiger partial charge in [0.05, 0.1) is 16.4 Å². The zero-order chi connectivity index (χ0) is 30.6. The van der Waals surface area contributed by atoms with Crippen LogP contribution < -0.4 is 9.47 Å². The number of nitrogens with zero attached hydrogens (tertiary/aromatic N) is 2. The number of rotatable bonds is 0. The number of likely N-dealkylation sites (N-methyl/N-ethyl adjacent to an activating group) is 2. The average molecular weight is 601 g/mol. The summed E-state index contributed by atoms with van der Waals surface area (Å²) in [4.78, 5) is 29.3. The number of phenolic OH excluding ortho intramolecular Hbond substituents is 2. The molecule has 10 nitrogen and oxygen atoms in total. The van der Waals surface area contributed by atoms with Gasteiger partial charge in [-0.1, -0.05) is 12.1 Å². The Kier molecular flexibility index (Phi) is 5.03. The molecule has 2 unspecified atom stereocenters. The Morgan fingerprint density at radius 1 is 0.773 bits per heavy atom. The Morgan fingerprint density at radius 2 is 1.34 bits per heavy atom. The van der Waals surface area contributed by atoms with Crippen LogP contribution in [0.1, 0.15) is 47.9 Å². The van der Waals surface area contributed by atoms with Crippen LogP contribution in [0.15, 0.2) is 36.4 Å². The van der Waals surface area contributed by atoms with E-state index in [1.165, 1.54) is 6.08 Å². The topological polar surface area (TPSA) is 140 Å². The molecule has 4 bridgehead atoms. The molecule has 1 saturated carbocycles. The van der Waals surface area contributed by atoms with Gasteiger partial charge in [0.2, 0.25) is 0 Å². The van der Waals surface area contributed by atoms with E-state index in [2.05, 4.69) is 9.80 Å². The summed E-state index contributed by atoms with van der Waals surface area (Å²) < 4.78 is 11.8. The molecule has 10 rings (SSSR count). The fourth-order valence-corrected chi connectivity index (χ4v) is 10.7. The number of ketones is 2. The monoisotopic (exact) mass is 600 g/mol. The number of Topliss-reactive ketones (excluding diaryl/α,β-unsaturated/α-hetero) is 1. The SMILES string of the molecule is CN1CC[C@]23c4c5ccc(O)c4OC2C(=O)C=C[C@@]3(O)[C@H]1C5.CN1CC[C@]23c4c5ccc(O)c4OC2C(=O)CC[C@@]3(O)[C@H]1C5. The number of hydrogen-bond acceptors (Lipinski definition) is 10. The number of benzene rings is 2. The van der Waals surface area contributed by atoms with Crippen LogP contribution >= 0.6 is 0 Å². The fourth-order valence-electron chi connectivity index (χ4n) is 10.7. The predicted molar refractivity (Wildman–Crippen MR) is 156 cm³/mol. The molecule has 0 amide bonds. The van der Waals surface area contributed by atoms with Crippen LogP contribution in [0.5, 0.6) is 23.0 Å². The van der Waals surface area contributed by atoms with Crippen molar-refractivity contribution in [2.75, 3.05) is 27.2 Å². The molecule has 3 fully saturated rings. The van der Waals surface area contributed by atoms with Crippen LogP contribution in [-0.2, 0) is 33.3 Å². The summed E-state index contributed by atoms with van der Waals surface area (Å²) in [5, 5.41) is 43.6. The van der Waals surface area contributed by atoms with E-state index >= 15 is 0 Å². The molecule has 230 valence electrons. The Morgan fingerprint density at radius 3 is 2.02 bits per heavy atom. The molecule has 0 aromatic heterocycles. The lowest BCUT2D eigenvalue weighted by Crippen LogP contribution is -2.76. The van der Waals surface area contributed by atoms with Gasteiger partial charge in [0, 0.05) is 29.6 Å². The summed E-state index contributed by atoms with van der Waals surface area (Å²) >= 11 is 0. The fraction of sp³-hybridized carbons (Fsp3) is 0.529. The first-order valence-electron chi connectivity index (χ1n) is 15.6. The van der Waals surface area contributed by atoms with Crippen molar-refractivity contribution in [1.82, 2.24) is 9.80 Å². The molecule has 2 saturated heterocycles. The Hall–Kier alpha value is -3.44. The highest BCUT2D eigenvalue weighted by Crippen LogP contribution is 2.65. The third-order valence-electron chi connectivity index (χ3n) is 12.7. The number of aliphatic hydroxyl groups is 2. The van der Waals surface area contributed by atoms with E-state index in [4.69, 9.17) is 9.47 Å². The maximum atomic E-state index is 12.5. The van der Waals surface area contributed by atoms with Gasteiger partial charge in [0.15, 0.2) is 46.8 Å². The molecule has 8 atom stereocenters. The van der Waals surface area contributed by atoms with Gasteiger partial charge in [0.1, 0.15) is 5.60 Å². The Labute approximate surface area is 254 Å². The summed E-state index contributed by atoms with van der Waals surface area (Å²) in [6, 6.07) is 7.01. The minimum absolute atomic E-state index is 0.00319. The first kappa shape index (κ1) is 26.9. The molecule has 10 heteroatoms. The van der Waals surface area contributed by atoms with Gasteiger partial charge < -0.3 is 34.8 Å². The summed E-state index contributed by atoms with van der Waals surface area (Å²) in [6.07, 6.45) is 5.31. The number of carbonyl (C=O) groups excluding carboxylic acids is 2. The molecule has 2 spiro atoms. The van der Waals surface area contributed by atoms with E-state index in [0.29, 0.717) is 43.6 Å². The number of phenols is 2. The lowest BCUT2D eigenvalue weighted by atomic mass is 9.49. The van der Waals surface area contributed by atoms with Crippen molar-refractivity contribution in [3.05, 3.63) is 58.7 Å². The van der Waals surface area contributed by atoms with Gasteiger partial charge in [-0.15, -0.1) is 0 Å². The molecular formula is C34H36N2O8. The van der Waals surface area contributed by atoms with E-state index in [-0.39, 0.29) is 35.1 Å². The van der Waals surface area contributed by atoms with Crippen molar-refractivity contribution in [3.63, 3.8) is 0 Å². The van der Waals surface area contributed by atoms with Crippen LogP contribution in [0.25, 0.3) is 0 Å². The molecule has 8 aliphatic rings. The van der Waals surface area contributed by atoms with Crippen molar-refractivity contribution in [3.8, 4) is 23.0 Å². The normalized spacial score (nSPS) is 41.6. The maximum absolute atomic E-state index is 12.5. The van der Waals surface area contributed by atoms with Crippen LogP contribution in [0, 0.1) is 0 Å². The summed E-state index contributed by atoms with van der Waals surface area (Å²) in [7, 11) is 4.06. The van der Waals surface area contributed by atoms with Crippen LogP contribution in [0.3, 0.4) is 0 Å². The minimum atomic E-state index is -1.13. The second-order valence-corrected chi connectivity index (χ2v) is 14.2. The first-order valence-corrected chi connectivity index (χ1v) is 15.6. The van der Waals surface area contributed by atoms with Crippen molar-refractivity contribution in [2.45, 2.75) is 84.8 Å². The van der Waals surface area contributed by atoms with Crippen molar-refractivity contribution < 1.29 is 39.5 Å². The van der Waals surface area contributed by atoms with Gasteiger partial charge in [-0.3, -0.25) is 14.5 Å². The molecule has 4 aliphatic heterocycles. The second-order valence-electron chi connectivity index (χ2n) is 14.2. The van der Waals surface area contributed by atoms with Gasteiger partial charge in [-0.05, 0) is 94.7 Å². The molecule has 44 heavy (non-hydrogen) atoms. The Bertz CT molecular complexity index is 1710. The van der Waals surface area contributed by atoms with Gasteiger partial charge in [-0.25, -0.2) is 0 Å². The van der Waals surface area contributed by atoms with Gasteiger partial charge >= 0.3 is 0 Å². The first-order chi connectivity index (χ1) is 21.0. The van der Waals surface area contributed by atoms with Crippen LogP contribution in [-0.4, -0.2) is 104 Å². The zero-order valence-corrected chi connectivity index (χ0v) is 24.7. The number of likely N-dealkylation sites (tertiary alicyclic amines) is 2. The molecule has 2 aromatic carbocycles. The summed E-state index contributed by atoms with van der Waals surface area (Å²) in [5.74, 6) is 0.873. The standard InChI is InChI=1S/C17H19NO4.C17H17NO4/c2*1-18-7-6-16-13-9-2-3-10(19)14(13)22-15(16)11(20)4-5-17(16,21)12(18)8-9/h2-3,12,15,19,21H,4-8H2,1H3;2-5,12,15,19,21H,6-8H2,1H3/t2*12-,15?,16+,17-/m11/s1. The highest BCUT2D eigenvalue weighted by molar-refractivity contribution is 5.99. The third kappa shape index (κ3) is 2.75. The third-order valence-corrected chi connectivity index (χ3v) is 12.7. The van der Waals surface area contributed by atoms with Crippen LogP contribution in [0.2, 0.25) is 0 Å². The quantitative estimate of drug-likeness (QED) is 0.350. The summed E-state index contributed by atoms with van der Waals surface area (Å²) in [6.45, 7) is 1.62. The molecule has 2 aromatic rings. The summed E-state index contributed by atoms with van der Waals surface area (Å²) in [5.41, 5.74) is 0.388. The number of hydrogen-bond donors (Lipinski definition) is 4. The van der Waals surface area contributed by atoms with E-state index in [0.717, 1.165) is 41.8 Å². The van der Waals surface area contributed by atoms with Gasteiger partial charge in [0.25, 0.3) is 0 Å². The number of ether oxygens (including phenoxy) is 2. The Balaban J connectivity index is 0.000000123. The van der Waals surface area contributed by atoms with E-state index in [1.807, 2.05) is 26.2 Å². The van der Waals surface area contributed by atoms with Gasteiger partial charge in [-0.2, -0.15) is 0 Å². The highest BCUT2D eigenvalue weighted by Gasteiger charge is 2.73. The largest absolute Gasteiger partial charge is 0.504 e. The maximum Gasteiger partial charge on any atom is 0.196 e. The van der Waals surface area contributed by atoms with Crippen molar-refractivity contribution in [1.29, 1.82) is 0 Å². The number of carbonyl (C=O) groups is 2. The average Bonchev–Trinajstić information content (AvgIpc) is 3.55.